The second kappa shape index (κ2) is 6.55. The van der Waals surface area contributed by atoms with Crippen LogP contribution in [-0.4, -0.2) is 37.3 Å². The van der Waals surface area contributed by atoms with Crippen molar-refractivity contribution in [1.29, 1.82) is 0 Å². The zero-order valence-electron chi connectivity index (χ0n) is 11.6. The summed E-state index contributed by atoms with van der Waals surface area (Å²) >= 11 is 0. The SMILES string of the molecule is COc1ccc2cc(CN(C)CCCO)ccc2c1. The molecule has 102 valence electrons. The molecule has 3 nitrogen and oxygen atoms in total. The Hall–Kier alpha value is -1.58. The first-order valence-electron chi connectivity index (χ1n) is 6.59. The van der Waals surface area contributed by atoms with Gasteiger partial charge in [-0.1, -0.05) is 18.2 Å². The highest BCUT2D eigenvalue weighted by Crippen LogP contribution is 2.22. The van der Waals surface area contributed by atoms with Crippen molar-refractivity contribution in [3.63, 3.8) is 0 Å². The third-order valence-electron chi connectivity index (χ3n) is 3.26. The summed E-state index contributed by atoms with van der Waals surface area (Å²) in [4.78, 5) is 2.22. The number of nitrogens with zero attached hydrogens (tertiary/aromatic N) is 1. The van der Waals surface area contributed by atoms with Crippen molar-refractivity contribution in [2.45, 2.75) is 13.0 Å². The van der Waals surface area contributed by atoms with Gasteiger partial charge in [0.2, 0.25) is 0 Å². The van der Waals surface area contributed by atoms with Crippen LogP contribution in [0.3, 0.4) is 0 Å². The molecular weight excluding hydrogens is 238 g/mol. The number of benzene rings is 2. The van der Waals surface area contributed by atoms with Gasteiger partial charge in [0.15, 0.2) is 0 Å². The molecule has 2 rings (SSSR count). The minimum atomic E-state index is 0.252. The Morgan fingerprint density at radius 1 is 1.11 bits per heavy atom. The van der Waals surface area contributed by atoms with Crippen molar-refractivity contribution in [2.75, 3.05) is 27.3 Å². The molecular formula is C16H21NO2. The van der Waals surface area contributed by atoms with E-state index in [1.807, 2.05) is 6.07 Å². The predicted octanol–water partition coefficient (Wildman–Crippen LogP) is 2.66. The zero-order valence-corrected chi connectivity index (χ0v) is 11.6. The number of aliphatic hydroxyl groups excluding tert-OH is 1. The lowest BCUT2D eigenvalue weighted by molar-refractivity contribution is 0.244. The summed E-state index contributed by atoms with van der Waals surface area (Å²) in [5, 5.41) is 11.3. The molecule has 0 bridgehead atoms. The molecule has 0 heterocycles. The van der Waals surface area contributed by atoms with Gasteiger partial charge in [0.05, 0.1) is 7.11 Å². The molecule has 19 heavy (non-hydrogen) atoms. The highest BCUT2D eigenvalue weighted by atomic mass is 16.5. The molecule has 0 spiro atoms. The second-order valence-corrected chi connectivity index (χ2v) is 4.86. The predicted molar refractivity (Wildman–Crippen MR) is 78.5 cm³/mol. The van der Waals surface area contributed by atoms with Gasteiger partial charge in [0.25, 0.3) is 0 Å². The van der Waals surface area contributed by atoms with Crippen LogP contribution in [0.5, 0.6) is 5.75 Å². The van der Waals surface area contributed by atoms with Crippen LogP contribution in [0.1, 0.15) is 12.0 Å². The van der Waals surface area contributed by atoms with Gasteiger partial charge in [-0.2, -0.15) is 0 Å². The molecule has 0 aliphatic carbocycles. The van der Waals surface area contributed by atoms with E-state index in [0.29, 0.717) is 0 Å². The van der Waals surface area contributed by atoms with Crippen LogP contribution in [0.15, 0.2) is 36.4 Å². The number of hydrogen-bond donors (Lipinski definition) is 1. The Morgan fingerprint density at radius 3 is 2.58 bits per heavy atom. The standard InChI is InChI=1S/C16H21NO2/c1-17(8-3-9-18)12-13-4-5-15-11-16(19-2)7-6-14(15)10-13/h4-7,10-11,18H,3,8-9,12H2,1-2H3. The third-order valence-corrected chi connectivity index (χ3v) is 3.26. The average Bonchev–Trinajstić information content (AvgIpc) is 2.44. The van der Waals surface area contributed by atoms with Crippen molar-refractivity contribution >= 4 is 10.8 Å². The van der Waals surface area contributed by atoms with Gasteiger partial charge >= 0.3 is 0 Å². The molecule has 3 heteroatoms. The molecule has 0 saturated heterocycles. The maximum Gasteiger partial charge on any atom is 0.119 e. The Labute approximate surface area is 114 Å². The first-order chi connectivity index (χ1) is 9.22. The van der Waals surface area contributed by atoms with Crippen LogP contribution in [-0.2, 0) is 6.54 Å². The van der Waals surface area contributed by atoms with Crippen molar-refractivity contribution in [3.05, 3.63) is 42.0 Å². The molecule has 0 aromatic heterocycles. The summed E-state index contributed by atoms with van der Waals surface area (Å²) in [6.07, 6.45) is 0.821. The lowest BCUT2D eigenvalue weighted by Crippen LogP contribution is -2.19. The van der Waals surface area contributed by atoms with E-state index in [0.717, 1.165) is 25.3 Å². The Balaban J connectivity index is 2.13. The molecule has 0 amide bonds. The molecule has 2 aromatic rings. The highest BCUT2D eigenvalue weighted by molar-refractivity contribution is 5.84. The average molecular weight is 259 g/mol. The van der Waals surface area contributed by atoms with Gasteiger partial charge in [-0.05, 0) is 48.0 Å². The summed E-state index contributed by atoms with van der Waals surface area (Å²) in [6.45, 7) is 2.07. The lowest BCUT2D eigenvalue weighted by atomic mass is 10.1. The molecule has 0 aliphatic rings. The fourth-order valence-electron chi connectivity index (χ4n) is 2.23. The summed E-state index contributed by atoms with van der Waals surface area (Å²) in [5.74, 6) is 0.889. The number of rotatable bonds is 6. The van der Waals surface area contributed by atoms with E-state index in [4.69, 9.17) is 9.84 Å². The Bertz CT molecular complexity index is 539. The summed E-state index contributed by atoms with van der Waals surface area (Å²) in [5.41, 5.74) is 1.29. The number of hydrogen-bond acceptors (Lipinski definition) is 3. The van der Waals surface area contributed by atoms with Crippen LogP contribution < -0.4 is 4.74 Å². The molecule has 0 aliphatic heterocycles. The maximum atomic E-state index is 8.83. The van der Waals surface area contributed by atoms with Gasteiger partial charge in [-0.15, -0.1) is 0 Å². The largest absolute Gasteiger partial charge is 0.497 e. The van der Waals surface area contributed by atoms with Gasteiger partial charge < -0.3 is 14.7 Å². The minimum absolute atomic E-state index is 0.252. The van der Waals surface area contributed by atoms with Crippen LogP contribution >= 0.6 is 0 Å². The fourth-order valence-corrected chi connectivity index (χ4v) is 2.23. The van der Waals surface area contributed by atoms with E-state index < -0.39 is 0 Å². The number of fused-ring (bicyclic) bond motifs is 1. The topological polar surface area (TPSA) is 32.7 Å². The zero-order chi connectivity index (χ0) is 13.7. The van der Waals surface area contributed by atoms with Crippen molar-refractivity contribution in [1.82, 2.24) is 4.90 Å². The second-order valence-electron chi connectivity index (χ2n) is 4.86. The molecule has 1 N–H and O–H groups in total. The maximum absolute atomic E-state index is 8.83. The van der Waals surface area contributed by atoms with E-state index in [1.165, 1.54) is 16.3 Å². The Kier molecular flexibility index (Phi) is 4.77. The van der Waals surface area contributed by atoms with Crippen LogP contribution in [0.4, 0.5) is 0 Å². The summed E-state index contributed by atoms with van der Waals surface area (Å²) < 4.78 is 5.23. The third kappa shape index (κ3) is 3.69. The number of aliphatic hydroxyl groups is 1. The van der Waals surface area contributed by atoms with Crippen LogP contribution in [0.25, 0.3) is 10.8 Å². The molecule has 0 unspecified atom stereocenters. The van der Waals surface area contributed by atoms with Gasteiger partial charge in [-0.3, -0.25) is 0 Å². The molecule has 0 fully saturated rings. The molecule has 2 aromatic carbocycles. The van der Waals surface area contributed by atoms with Crippen molar-refractivity contribution < 1.29 is 9.84 Å². The first-order valence-corrected chi connectivity index (χ1v) is 6.59. The molecule has 0 saturated carbocycles. The number of ether oxygens (including phenoxy) is 1. The smallest absolute Gasteiger partial charge is 0.119 e. The summed E-state index contributed by atoms with van der Waals surface area (Å²) in [7, 11) is 3.76. The minimum Gasteiger partial charge on any atom is -0.497 e. The van der Waals surface area contributed by atoms with Crippen molar-refractivity contribution in [3.8, 4) is 5.75 Å². The Morgan fingerprint density at radius 2 is 1.84 bits per heavy atom. The van der Waals surface area contributed by atoms with Crippen molar-refractivity contribution in [2.24, 2.45) is 0 Å². The first kappa shape index (κ1) is 13.8. The number of methoxy groups -OCH3 is 1. The van der Waals surface area contributed by atoms with E-state index in [2.05, 4.69) is 42.3 Å². The van der Waals surface area contributed by atoms with E-state index >= 15 is 0 Å². The highest BCUT2D eigenvalue weighted by Gasteiger charge is 2.02. The van der Waals surface area contributed by atoms with E-state index in [-0.39, 0.29) is 6.61 Å². The van der Waals surface area contributed by atoms with E-state index in [9.17, 15) is 0 Å². The van der Waals surface area contributed by atoms with Crippen LogP contribution in [0.2, 0.25) is 0 Å². The fraction of sp³-hybridized carbons (Fsp3) is 0.375. The van der Waals surface area contributed by atoms with Gasteiger partial charge in [0.1, 0.15) is 5.75 Å². The van der Waals surface area contributed by atoms with Gasteiger partial charge in [-0.25, -0.2) is 0 Å². The monoisotopic (exact) mass is 259 g/mol. The quantitative estimate of drug-likeness (QED) is 0.865. The van der Waals surface area contributed by atoms with E-state index in [1.54, 1.807) is 7.11 Å². The van der Waals surface area contributed by atoms with Gasteiger partial charge in [0, 0.05) is 19.7 Å². The molecule has 0 atom stereocenters. The lowest BCUT2D eigenvalue weighted by Gasteiger charge is -2.16. The summed E-state index contributed by atoms with van der Waals surface area (Å²) in [6, 6.07) is 12.6. The normalized spacial score (nSPS) is 11.2. The van der Waals surface area contributed by atoms with Crippen LogP contribution in [0, 0.1) is 0 Å². The molecule has 0 radical (unpaired) electrons.